The van der Waals surface area contributed by atoms with Crippen molar-refractivity contribution in [3.63, 3.8) is 0 Å². The zero-order valence-corrected chi connectivity index (χ0v) is 11.6. The van der Waals surface area contributed by atoms with Gasteiger partial charge in [0, 0.05) is 11.4 Å². The van der Waals surface area contributed by atoms with Crippen LogP contribution in [0.15, 0.2) is 35.2 Å². The van der Waals surface area contributed by atoms with Gasteiger partial charge in [-0.05, 0) is 25.0 Å². The standard InChI is InChI=1S/C11H16BrNO2S/c1-10(12)6-5-9-13-16(14,15)11-7-3-2-4-8-11/h2-4,7-8,10,13H,5-6,9H2,1H3. The average molecular weight is 306 g/mol. The van der Waals surface area contributed by atoms with Gasteiger partial charge in [0.25, 0.3) is 0 Å². The summed E-state index contributed by atoms with van der Waals surface area (Å²) >= 11 is 3.42. The molecule has 0 aliphatic heterocycles. The minimum atomic E-state index is -3.32. The molecule has 0 saturated carbocycles. The molecule has 1 N–H and O–H groups in total. The summed E-state index contributed by atoms with van der Waals surface area (Å²) in [7, 11) is -3.32. The van der Waals surface area contributed by atoms with Crippen molar-refractivity contribution < 1.29 is 8.42 Å². The number of benzene rings is 1. The first-order valence-corrected chi connectivity index (χ1v) is 7.61. The van der Waals surface area contributed by atoms with Gasteiger partial charge in [0.05, 0.1) is 4.90 Å². The van der Waals surface area contributed by atoms with E-state index in [2.05, 4.69) is 20.7 Å². The normalized spacial score (nSPS) is 13.6. The smallest absolute Gasteiger partial charge is 0.211 e. The van der Waals surface area contributed by atoms with Crippen molar-refractivity contribution in [3.8, 4) is 0 Å². The van der Waals surface area contributed by atoms with Crippen LogP contribution in [0.1, 0.15) is 19.8 Å². The number of sulfonamides is 1. The van der Waals surface area contributed by atoms with Crippen LogP contribution in [0.4, 0.5) is 0 Å². The summed E-state index contributed by atoms with van der Waals surface area (Å²) in [6, 6.07) is 8.42. The number of rotatable bonds is 6. The van der Waals surface area contributed by atoms with Crippen molar-refractivity contribution in [2.24, 2.45) is 0 Å². The fourth-order valence-electron chi connectivity index (χ4n) is 1.27. The SMILES string of the molecule is CC(Br)CCCNS(=O)(=O)c1ccccc1. The lowest BCUT2D eigenvalue weighted by molar-refractivity contribution is 0.577. The predicted molar refractivity (Wildman–Crippen MR) is 69.3 cm³/mol. The zero-order chi connectivity index (χ0) is 12.0. The minimum absolute atomic E-state index is 0.321. The summed E-state index contributed by atoms with van der Waals surface area (Å²) in [5, 5.41) is 0. The first-order chi connectivity index (χ1) is 7.52. The van der Waals surface area contributed by atoms with Crippen LogP contribution in [0.3, 0.4) is 0 Å². The van der Waals surface area contributed by atoms with Gasteiger partial charge in [0.1, 0.15) is 0 Å². The summed E-state index contributed by atoms with van der Waals surface area (Å²) < 4.78 is 26.1. The molecule has 0 spiro atoms. The third-order valence-electron chi connectivity index (χ3n) is 2.12. The van der Waals surface area contributed by atoms with E-state index in [1.165, 1.54) is 0 Å². The van der Waals surface area contributed by atoms with E-state index in [0.717, 1.165) is 12.8 Å². The Morgan fingerprint density at radius 3 is 2.50 bits per heavy atom. The van der Waals surface area contributed by atoms with Crippen molar-refractivity contribution in [2.75, 3.05) is 6.54 Å². The lowest BCUT2D eigenvalue weighted by atomic mass is 10.2. The molecule has 0 amide bonds. The van der Waals surface area contributed by atoms with E-state index in [-0.39, 0.29) is 0 Å². The lowest BCUT2D eigenvalue weighted by Crippen LogP contribution is -2.25. The summed E-state index contributed by atoms with van der Waals surface area (Å²) in [6.07, 6.45) is 1.79. The van der Waals surface area contributed by atoms with E-state index < -0.39 is 10.0 Å². The van der Waals surface area contributed by atoms with Crippen LogP contribution < -0.4 is 4.72 Å². The molecule has 5 heteroatoms. The molecule has 0 aliphatic rings. The predicted octanol–water partition coefficient (Wildman–Crippen LogP) is 2.53. The second kappa shape index (κ2) is 6.37. The maximum absolute atomic E-state index is 11.8. The Labute approximate surface area is 105 Å². The van der Waals surface area contributed by atoms with Crippen LogP contribution in [0.25, 0.3) is 0 Å². The van der Waals surface area contributed by atoms with Crippen LogP contribution in [-0.4, -0.2) is 19.8 Å². The van der Waals surface area contributed by atoms with Crippen molar-refractivity contribution in [1.82, 2.24) is 4.72 Å². The molecule has 1 atom stereocenters. The third-order valence-corrected chi connectivity index (χ3v) is 4.06. The molecule has 1 aromatic rings. The Bertz CT molecular complexity index is 403. The number of hydrogen-bond donors (Lipinski definition) is 1. The molecular weight excluding hydrogens is 290 g/mol. The second-order valence-electron chi connectivity index (χ2n) is 3.63. The first kappa shape index (κ1) is 13.7. The third kappa shape index (κ3) is 4.63. The maximum Gasteiger partial charge on any atom is 0.240 e. The van der Waals surface area contributed by atoms with E-state index >= 15 is 0 Å². The Morgan fingerprint density at radius 2 is 1.94 bits per heavy atom. The molecule has 0 radical (unpaired) electrons. The van der Waals surface area contributed by atoms with E-state index in [1.807, 2.05) is 6.92 Å². The quantitative estimate of drug-likeness (QED) is 0.648. The van der Waals surface area contributed by atoms with Crippen molar-refractivity contribution in [2.45, 2.75) is 29.5 Å². The molecule has 90 valence electrons. The monoisotopic (exact) mass is 305 g/mol. The lowest BCUT2D eigenvalue weighted by Gasteiger charge is -2.07. The summed E-state index contributed by atoms with van der Waals surface area (Å²) in [6.45, 7) is 2.53. The van der Waals surface area contributed by atoms with Crippen molar-refractivity contribution >= 4 is 26.0 Å². The molecule has 1 unspecified atom stereocenters. The Balaban J connectivity index is 2.48. The number of halogens is 1. The van der Waals surface area contributed by atoms with Crippen LogP contribution in [0, 0.1) is 0 Å². The highest BCUT2D eigenvalue weighted by atomic mass is 79.9. The van der Waals surface area contributed by atoms with Crippen LogP contribution in [0.5, 0.6) is 0 Å². The van der Waals surface area contributed by atoms with Gasteiger partial charge in [-0.25, -0.2) is 13.1 Å². The van der Waals surface area contributed by atoms with Gasteiger partial charge >= 0.3 is 0 Å². The maximum atomic E-state index is 11.8. The highest BCUT2D eigenvalue weighted by molar-refractivity contribution is 9.09. The van der Waals surface area contributed by atoms with Crippen LogP contribution >= 0.6 is 15.9 Å². The Kier molecular flexibility index (Phi) is 5.44. The largest absolute Gasteiger partial charge is 0.240 e. The second-order valence-corrected chi connectivity index (χ2v) is 6.96. The van der Waals surface area contributed by atoms with Crippen LogP contribution in [0.2, 0.25) is 0 Å². The number of alkyl halides is 1. The molecule has 0 bridgehead atoms. The Hall–Kier alpha value is -0.390. The summed E-state index contributed by atoms with van der Waals surface area (Å²) in [4.78, 5) is 0.746. The van der Waals surface area contributed by atoms with Gasteiger partial charge < -0.3 is 0 Å². The highest BCUT2D eigenvalue weighted by Crippen LogP contribution is 2.08. The topological polar surface area (TPSA) is 46.2 Å². The van der Waals surface area contributed by atoms with Crippen LogP contribution in [-0.2, 0) is 10.0 Å². The fraction of sp³-hybridized carbons (Fsp3) is 0.455. The highest BCUT2D eigenvalue weighted by Gasteiger charge is 2.11. The van der Waals surface area contributed by atoms with Gasteiger partial charge in [0.2, 0.25) is 10.0 Å². The molecule has 0 aliphatic carbocycles. The number of nitrogens with one attached hydrogen (secondary N) is 1. The molecule has 0 heterocycles. The Morgan fingerprint density at radius 1 is 1.31 bits per heavy atom. The summed E-state index contributed by atoms with van der Waals surface area (Å²) in [5.74, 6) is 0. The molecule has 16 heavy (non-hydrogen) atoms. The van der Waals surface area contributed by atoms with E-state index in [1.54, 1.807) is 30.3 Å². The molecular formula is C11H16BrNO2S. The summed E-state index contributed by atoms with van der Waals surface area (Å²) in [5.41, 5.74) is 0. The van der Waals surface area contributed by atoms with E-state index in [4.69, 9.17) is 0 Å². The fourth-order valence-corrected chi connectivity index (χ4v) is 2.69. The molecule has 1 rings (SSSR count). The van der Waals surface area contributed by atoms with Gasteiger partial charge in [-0.15, -0.1) is 0 Å². The molecule has 1 aromatic carbocycles. The first-order valence-electron chi connectivity index (χ1n) is 5.21. The van der Waals surface area contributed by atoms with E-state index in [9.17, 15) is 8.42 Å². The van der Waals surface area contributed by atoms with Crippen molar-refractivity contribution in [3.05, 3.63) is 30.3 Å². The molecule has 0 fully saturated rings. The number of hydrogen-bond acceptors (Lipinski definition) is 2. The van der Waals surface area contributed by atoms with Gasteiger partial charge in [-0.3, -0.25) is 0 Å². The van der Waals surface area contributed by atoms with Gasteiger partial charge in [-0.1, -0.05) is 41.1 Å². The molecule has 3 nitrogen and oxygen atoms in total. The zero-order valence-electron chi connectivity index (χ0n) is 9.19. The van der Waals surface area contributed by atoms with Gasteiger partial charge in [-0.2, -0.15) is 0 Å². The average Bonchev–Trinajstić information content (AvgIpc) is 2.26. The molecule has 0 saturated heterocycles. The van der Waals surface area contributed by atoms with Crippen molar-refractivity contribution in [1.29, 1.82) is 0 Å². The molecule has 0 aromatic heterocycles. The van der Waals surface area contributed by atoms with E-state index in [0.29, 0.717) is 16.3 Å². The minimum Gasteiger partial charge on any atom is -0.211 e. The van der Waals surface area contributed by atoms with Gasteiger partial charge in [0.15, 0.2) is 0 Å².